The average molecular weight is 242 g/mol. The van der Waals surface area contributed by atoms with Crippen LogP contribution < -0.4 is 0 Å². The maximum atomic E-state index is 11.1. The average Bonchev–Trinajstić information content (AvgIpc) is 2.66. The summed E-state index contributed by atoms with van der Waals surface area (Å²) in [7, 11) is 1.87. The molecule has 2 aromatic rings. The molecular weight excluding hydrogens is 228 g/mol. The second kappa shape index (κ2) is 4.19. The monoisotopic (exact) mass is 242 g/mol. The lowest BCUT2D eigenvalue weighted by Gasteiger charge is -2.04. The van der Waals surface area contributed by atoms with Crippen LogP contribution >= 0.6 is 0 Å². The molecule has 0 aliphatic carbocycles. The van der Waals surface area contributed by atoms with Gasteiger partial charge in [0.05, 0.1) is 16.6 Å². The van der Waals surface area contributed by atoms with Gasteiger partial charge in [-0.3, -0.25) is 0 Å². The first-order valence-corrected chi connectivity index (χ1v) is 5.72. The number of carboxylic acid groups (broad SMARTS) is 1. The molecule has 4 nitrogen and oxygen atoms in total. The lowest BCUT2D eigenvalue weighted by atomic mass is 9.99. The predicted octanol–water partition coefficient (Wildman–Crippen LogP) is 2.87. The molecule has 0 amide bonds. The highest BCUT2D eigenvalue weighted by molar-refractivity contribution is 5.97. The van der Waals surface area contributed by atoms with E-state index in [1.165, 1.54) is 6.07 Å². The van der Waals surface area contributed by atoms with Gasteiger partial charge in [-0.05, 0) is 23.6 Å². The van der Waals surface area contributed by atoms with Gasteiger partial charge in [0.15, 0.2) is 0 Å². The molecule has 0 bridgehead atoms. The molecule has 2 rings (SSSR count). The Morgan fingerprint density at radius 1 is 1.44 bits per heavy atom. The van der Waals surface area contributed by atoms with Crippen LogP contribution in [0, 0.1) is 11.3 Å². The lowest BCUT2D eigenvalue weighted by Crippen LogP contribution is -1.98. The molecule has 0 saturated carbocycles. The Morgan fingerprint density at radius 3 is 2.61 bits per heavy atom. The molecule has 92 valence electrons. The van der Waals surface area contributed by atoms with Crippen LogP contribution in [0.4, 0.5) is 0 Å². The fourth-order valence-electron chi connectivity index (χ4n) is 2.25. The van der Waals surface area contributed by atoms with Crippen molar-refractivity contribution in [2.75, 3.05) is 0 Å². The number of benzene rings is 1. The molecule has 0 saturated heterocycles. The third kappa shape index (κ3) is 1.74. The van der Waals surface area contributed by atoms with Crippen LogP contribution in [-0.2, 0) is 7.05 Å². The van der Waals surface area contributed by atoms with Crippen molar-refractivity contribution >= 4 is 16.9 Å². The molecule has 1 aromatic heterocycles. The van der Waals surface area contributed by atoms with Gasteiger partial charge in [-0.25, -0.2) is 4.79 Å². The number of nitriles is 1. The fourth-order valence-corrected chi connectivity index (χ4v) is 2.25. The Labute approximate surface area is 105 Å². The van der Waals surface area contributed by atoms with Gasteiger partial charge >= 0.3 is 5.97 Å². The smallest absolute Gasteiger partial charge is 0.335 e. The summed E-state index contributed by atoms with van der Waals surface area (Å²) < 4.78 is 1.88. The number of fused-ring (bicyclic) bond motifs is 1. The number of aromatic nitrogens is 1. The SMILES string of the molecule is CC(C)c1cn(C)c2c(C#N)cc(C(=O)O)cc12. The Hall–Kier alpha value is -2.28. The summed E-state index contributed by atoms with van der Waals surface area (Å²) >= 11 is 0. The van der Waals surface area contributed by atoms with Crippen molar-refractivity contribution in [3.8, 4) is 6.07 Å². The minimum Gasteiger partial charge on any atom is -0.478 e. The summed E-state index contributed by atoms with van der Waals surface area (Å²) in [6.07, 6.45) is 1.96. The van der Waals surface area contributed by atoms with Crippen molar-refractivity contribution in [1.29, 1.82) is 5.26 Å². The first kappa shape index (κ1) is 12.2. The van der Waals surface area contributed by atoms with Crippen molar-refractivity contribution in [2.24, 2.45) is 7.05 Å². The fraction of sp³-hybridized carbons (Fsp3) is 0.286. The number of hydrogen-bond donors (Lipinski definition) is 1. The van der Waals surface area contributed by atoms with Crippen molar-refractivity contribution in [1.82, 2.24) is 4.57 Å². The van der Waals surface area contributed by atoms with E-state index >= 15 is 0 Å². The van der Waals surface area contributed by atoms with E-state index in [0.717, 1.165) is 16.5 Å². The minimum absolute atomic E-state index is 0.159. The van der Waals surface area contributed by atoms with E-state index < -0.39 is 5.97 Å². The highest BCUT2D eigenvalue weighted by atomic mass is 16.4. The van der Waals surface area contributed by atoms with Gasteiger partial charge < -0.3 is 9.67 Å². The summed E-state index contributed by atoms with van der Waals surface area (Å²) in [5.41, 5.74) is 2.42. The Morgan fingerprint density at radius 2 is 2.11 bits per heavy atom. The van der Waals surface area contributed by atoms with E-state index in [1.54, 1.807) is 6.07 Å². The second-order valence-electron chi connectivity index (χ2n) is 4.69. The molecule has 0 aliphatic heterocycles. The van der Waals surface area contributed by atoms with Crippen LogP contribution in [0.15, 0.2) is 18.3 Å². The van der Waals surface area contributed by atoms with Crippen LogP contribution in [0.2, 0.25) is 0 Å². The van der Waals surface area contributed by atoms with E-state index in [4.69, 9.17) is 10.4 Å². The maximum absolute atomic E-state index is 11.1. The van der Waals surface area contributed by atoms with E-state index in [9.17, 15) is 4.79 Å². The van der Waals surface area contributed by atoms with E-state index in [2.05, 4.69) is 6.07 Å². The first-order chi connectivity index (χ1) is 8.45. The van der Waals surface area contributed by atoms with Gasteiger partial charge in [0, 0.05) is 18.6 Å². The van der Waals surface area contributed by atoms with Crippen LogP contribution in [0.3, 0.4) is 0 Å². The zero-order valence-electron chi connectivity index (χ0n) is 10.6. The topological polar surface area (TPSA) is 66.0 Å². The number of aromatic carboxylic acids is 1. The van der Waals surface area contributed by atoms with Crippen molar-refractivity contribution in [3.63, 3.8) is 0 Å². The Balaban J connectivity index is 2.91. The molecule has 1 heterocycles. The van der Waals surface area contributed by atoms with Crippen molar-refractivity contribution in [2.45, 2.75) is 19.8 Å². The zero-order chi connectivity index (χ0) is 13.4. The zero-order valence-corrected chi connectivity index (χ0v) is 10.6. The Bertz CT molecular complexity index is 675. The molecule has 1 N–H and O–H groups in total. The standard InChI is InChI=1S/C14H14N2O2/c1-8(2)12-7-16(3)13-10(6-15)4-9(14(17)18)5-11(12)13/h4-5,7-8H,1-3H3,(H,17,18). The molecule has 0 fully saturated rings. The van der Waals surface area contributed by atoms with Gasteiger partial charge in [0.25, 0.3) is 0 Å². The van der Waals surface area contributed by atoms with Crippen LogP contribution in [-0.4, -0.2) is 15.6 Å². The first-order valence-electron chi connectivity index (χ1n) is 5.72. The number of rotatable bonds is 2. The summed E-state index contributed by atoms with van der Waals surface area (Å²) in [6, 6.07) is 5.15. The molecule has 1 aromatic carbocycles. The van der Waals surface area contributed by atoms with E-state index in [0.29, 0.717) is 5.56 Å². The van der Waals surface area contributed by atoms with Gasteiger partial charge in [-0.1, -0.05) is 13.8 Å². The molecule has 0 unspecified atom stereocenters. The number of hydrogen-bond acceptors (Lipinski definition) is 2. The highest BCUT2D eigenvalue weighted by Crippen LogP contribution is 2.30. The molecule has 0 radical (unpaired) electrons. The summed E-state index contributed by atoms with van der Waals surface area (Å²) in [4.78, 5) is 11.1. The molecule has 0 spiro atoms. The largest absolute Gasteiger partial charge is 0.478 e. The maximum Gasteiger partial charge on any atom is 0.335 e. The molecule has 4 heteroatoms. The number of nitrogens with zero attached hydrogens (tertiary/aromatic N) is 2. The van der Waals surface area contributed by atoms with Crippen molar-refractivity contribution in [3.05, 3.63) is 35.0 Å². The van der Waals surface area contributed by atoms with E-state index in [-0.39, 0.29) is 11.5 Å². The van der Waals surface area contributed by atoms with Gasteiger partial charge in [-0.2, -0.15) is 5.26 Å². The molecule has 0 atom stereocenters. The van der Waals surface area contributed by atoms with Crippen LogP contribution in [0.1, 0.15) is 41.3 Å². The lowest BCUT2D eigenvalue weighted by molar-refractivity contribution is 0.0697. The summed E-state index contributed by atoms with van der Waals surface area (Å²) in [5, 5.41) is 19.1. The van der Waals surface area contributed by atoms with Gasteiger partial charge in [-0.15, -0.1) is 0 Å². The number of carbonyl (C=O) groups is 1. The minimum atomic E-state index is -1.01. The molecular formula is C14H14N2O2. The number of aryl methyl sites for hydroxylation is 1. The van der Waals surface area contributed by atoms with Gasteiger partial charge in [0.1, 0.15) is 6.07 Å². The van der Waals surface area contributed by atoms with Crippen molar-refractivity contribution < 1.29 is 9.90 Å². The van der Waals surface area contributed by atoms with Crippen LogP contribution in [0.25, 0.3) is 10.9 Å². The normalized spacial score (nSPS) is 10.8. The predicted molar refractivity (Wildman–Crippen MR) is 68.7 cm³/mol. The number of carboxylic acids is 1. The summed E-state index contributed by atoms with van der Waals surface area (Å²) in [5.74, 6) is -0.726. The molecule has 18 heavy (non-hydrogen) atoms. The third-order valence-corrected chi connectivity index (χ3v) is 3.10. The quantitative estimate of drug-likeness (QED) is 0.880. The van der Waals surface area contributed by atoms with E-state index in [1.807, 2.05) is 31.7 Å². The highest BCUT2D eigenvalue weighted by Gasteiger charge is 2.16. The Kier molecular flexibility index (Phi) is 2.84. The summed E-state index contributed by atoms with van der Waals surface area (Å²) in [6.45, 7) is 4.10. The third-order valence-electron chi connectivity index (χ3n) is 3.10. The second-order valence-corrected chi connectivity index (χ2v) is 4.69. The molecule has 0 aliphatic rings. The van der Waals surface area contributed by atoms with Crippen LogP contribution in [0.5, 0.6) is 0 Å². The van der Waals surface area contributed by atoms with Gasteiger partial charge in [0.2, 0.25) is 0 Å².